The largest absolute Gasteiger partial charge is 0.497 e. The second kappa shape index (κ2) is 10.6. The highest BCUT2D eigenvalue weighted by molar-refractivity contribution is 5.89. The minimum absolute atomic E-state index is 0.0710. The molecule has 186 valence electrons. The number of amides is 2. The first-order valence-corrected chi connectivity index (χ1v) is 12.2. The van der Waals surface area contributed by atoms with E-state index in [2.05, 4.69) is 15.6 Å². The lowest BCUT2D eigenvalue weighted by molar-refractivity contribution is -0.142. The number of carbonyl (C=O) groups excluding carboxylic acids is 2. The number of fused-ring (bicyclic) bond motifs is 1. The number of para-hydroxylation sites is 1. The maximum atomic E-state index is 13.9. The van der Waals surface area contributed by atoms with E-state index < -0.39 is 6.04 Å². The van der Waals surface area contributed by atoms with Crippen LogP contribution in [0.15, 0.2) is 71.3 Å². The van der Waals surface area contributed by atoms with Gasteiger partial charge in [-0.05, 0) is 54.8 Å². The molecule has 1 fully saturated rings. The van der Waals surface area contributed by atoms with Gasteiger partial charge in [-0.25, -0.2) is 4.68 Å². The van der Waals surface area contributed by atoms with E-state index in [1.807, 2.05) is 42.5 Å². The molecular weight excluding hydrogens is 458 g/mol. The van der Waals surface area contributed by atoms with Crippen LogP contribution >= 0.6 is 0 Å². The standard InChI is InChI=1S/C27H29N5O4/c1-35-21-11-6-8-19(16-21)26(27(34)28-20-9-2-3-10-20)31(17-22-12-7-15-36-22)25(33)18-32-24-14-5-4-13-23(24)29-30-32/h4-8,11-16,20,26H,2-3,9-10,17-18H2,1H3,(H,28,34)/t26-/m1/s1. The van der Waals surface area contributed by atoms with Crippen LogP contribution in [0.1, 0.15) is 43.0 Å². The van der Waals surface area contributed by atoms with Crippen LogP contribution in [0.2, 0.25) is 0 Å². The van der Waals surface area contributed by atoms with Crippen molar-refractivity contribution < 1.29 is 18.7 Å². The van der Waals surface area contributed by atoms with Crippen LogP contribution in [0.25, 0.3) is 11.0 Å². The predicted octanol–water partition coefficient (Wildman–Crippen LogP) is 3.86. The Morgan fingerprint density at radius 2 is 1.97 bits per heavy atom. The molecule has 1 atom stereocenters. The van der Waals surface area contributed by atoms with Gasteiger partial charge >= 0.3 is 0 Å². The number of benzene rings is 2. The number of ether oxygens (including phenoxy) is 1. The van der Waals surface area contributed by atoms with E-state index in [0.29, 0.717) is 22.6 Å². The molecule has 5 rings (SSSR count). The monoisotopic (exact) mass is 487 g/mol. The van der Waals surface area contributed by atoms with Crippen molar-refractivity contribution in [3.63, 3.8) is 0 Å². The van der Waals surface area contributed by atoms with Gasteiger partial charge in [0, 0.05) is 6.04 Å². The van der Waals surface area contributed by atoms with Crippen molar-refractivity contribution in [1.82, 2.24) is 25.2 Å². The molecule has 0 saturated heterocycles. The van der Waals surface area contributed by atoms with Gasteiger partial charge in [-0.3, -0.25) is 9.59 Å². The third-order valence-electron chi connectivity index (χ3n) is 6.60. The first-order chi connectivity index (χ1) is 17.6. The topological polar surface area (TPSA) is 102 Å². The quantitative estimate of drug-likeness (QED) is 0.385. The smallest absolute Gasteiger partial charge is 0.247 e. The fourth-order valence-corrected chi connectivity index (χ4v) is 4.78. The summed E-state index contributed by atoms with van der Waals surface area (Å²) in [5.41, 5.74) is 2.11. The molecule has 1 N–H and O–H groups in total. The van der Waals surface area contributed by atoms with Crippen molar-refractivity contribution in [3.05, 3.63) is 78.3 Å². The summed E-state index contributed by atoms with van der Waals surface area (Å²) >= 11 is 0. The maximum absolute atomic E-state index is 13.9. The van der Waals surface area contributed by atoms with Crippen LogP contribution in [0.3, 0.4) is 0 Å². The molecule has 9 nitrogen and oxygen atoms in total. The number of nitrogens with zero attached hydrogens (tertiary/aromatic N) is 4. The van der Waals surface area contributed by atoms with E-state index in [1.54, 1.807) is 41.2 Å². The Morgan fingerprint density at radius 1 is 1.14 bits per heavy atom. The number of furan rings is 1. The number of hydrogen-bond acceptors (Lipinski definition) is 6. The lowest BCUT2D eigenvalue weighted by Crippen LogP contribution is -2.46. The molecule has 2 aromatic heterocycles. The maximum Gasteiger partial charge on any atom is 0.247 e. The minimum atomic E-state index is -0.881. The Balaban J connectivity index is 1.52. The van der Waals surface area contributed by atoms with Gasteiger partial charge in [0.15, 0.2) is 0 Å². The Bertz CT molecular complexity index is 1330. The summed E-state index contributed by atoms with van der Waals surface area (Å²) in [5.74, 6) is 0.683. The number of methoxy groups -OCH3 is 1. The fourth-order valence-electron chi connectivity index (χ4n) is 4.78. The summed E-state index contributed by atoms with van der Waals surface area (Å²) in [6.07, 6.45) is 5.61. The zero-order chi connectivity index (χ0) is 24.9. The summed E-state index contributed by atoms with van der Waals surface area (Å²) < 4.78 is 12.6. The van der Waals surface area contributed by atoms with Crippen LogP contribution in [-0.2, 0) is 22.7 Å². The van der Waals surface area contributed by atoms with Gasteiger partial charge in [0.05, 0.1) is 25.4 Å². The summed E-state index contributed by atoms with van der Waals surface area (Å²) in [6, 6.07) is 17.5. The summed E-state index contributed by atoms with van der Waals surface area (Å²) in [5, 5.41) is 11.5. The summed E-state index contributed by atoms with van der Waals surface area (Å²) in [6.45, 7) is 0.0524. The highest BCUT2D eigenvalue weighted by Crippen LogP contribution is 2.29. The SMILES string of the molecule is COc1cccc([C@H](C(=O)NC2CCCC2)N(Cc2ccco2)C(=O)Cn2nnc3ccccc32)c1. The van der Waals surface area contributed by atoms with E-state index in [4.69, 9.17) is 9.15 Å². The lowest BCUT2D eigenvalue weighted by Gasteiger charge is -2.32. The molecule has 2 heterocycles. The first-order valence-electron chi connectivity index (χ1n) is 12.2. The molecule has 0 aliphatic heterocycles. The number of carbonyl (C=O) groups is 2. The second-order valence-corrected chi connectivity index (χ2v) is 9.01. The van der Waals surface area contributed by atoms with Crippen LogP contribution in [0.5, 0.6) is 5.75 Å². The highest BCUT2D eigenvalue weighted by atomic mass is 16.5. The highest BCUT2D eigenvalue weighted by Gasteiger charge is 2.34. The molecule has 4 aromatic rings. The van der Waals surface area contributed by atoms with Gasteiger partial charge in [0.1, 0.15) is 29.6 Å². The molecule has 2 aromatic carbocycles. The lowest BCUT2D eigenvalue weighted by atomic mass is 10.0. The van der Waals surface area contributed by atoms with Crippen molar-refractivity contribution >= 4 is 22.8 Å². The number of rotatable bonds is 9. The molecule has 0 spiro atoms. The Kier molecular flexibility index (Phi) is 6.97. The average molecular weight is 488 g/mol. The van der Waals surface area contributed by atoms with Gasteiger partial charge in [0.2, 0.25) is 11.8 Å². The molecule has 1 aliphatic carbocycles. The first kappa shape index (κ1) is 23.6. The normalized spacial score (nSPS) is 14.6. The van der Waals surface area contributed by atoms with E-state index in [-0.39, 0.29) is 30.9 Å². The number of aromatic nitrogens is 3. The number of nitrogens with one attached hydrogen (secondary N) is 1. The molecule has 0 unspecified atom stereocenters. The second-order valence-electron chi connectivity index (χ2n) is 9.01. The van der Waals surface area contributed by atoms with E-state index in [0.717, 1.165) is 31.2 Å². The van der Waals surface area contributed by atoms with Crippen molar-refractivity contribution in [3.8, 4) is 5.75 Å². The molecule has 1 saturated carbocycles. The van der Waals surface area contributed by atoms with Gasteiger partial charge in [0.25, 0.3) is 0 Å². The zero-order valence-electron chi connectivity index (χ0n) is 20.2. The van der Waals surface area contributed by atoms with Crippen molar-refractivity contribution in [1.29, 1.82) is 0 Å². The van der Waals surface area contributed by atoms with Crippen LogP contribution < -0.4 is 10.1 Å². The average Bonchev–Trinajstić information content (AvgIpc) is 3.67. The predicted molar refractivity (Wildman–Crippen MR) is 133 cm³/mol. The fraction of sp³-hybridized carbons (Fsp3) is 0.333. The Hall–Kier alpha value is -4.14. The van der Waals surface area contributed by atoms with Crippen LogP contribution in [0, 0.1) is 0 Å². The molecule has 36 heavy (non-hydrogen) atoms. The van der Waals surface area contributed by atoms with E-state index in [1.165, 1.54) is 0 Å². The number of hydrogen-bond donors (Lipinski definition) is 1. The molecule has 9 heteroatoms. The molecule has 1 aliphatic rings. The third-order valence-corrected chi connectivity index (χ3v) is 6.60. The van der Waals surface area contributed by atoms with Gasteiger partial charge < -0.3 is 19.4 Å². The van der Waals surface area contributed by atoms with Gasteiger partial charge in [-0.1, -0.05) is 42.3 Å². The van der Waals surface area contributed by atoms with Crippen molar-refractivity contribution in [2.75, 3.05) is 7.11 Å². The third kappa shape index (κ3) is 5.10. The van der Waals surface area contributed by atoms with Gasteiger partial charge in [-0.15, -0.1) is 5.10 Å². The summed E-state index contributed by atoms with van der Waals surface area (Å²) in [7, 11) is 1.58. The molecule has 2 amide bonds. The van der Waals surface area contributed by atoms with Crippen molar-refractivity contribution in [2.45, 2.75) is 50.9 Å². The van der Waals surface area contributed by atoms with E-state index >= 15 is 0 Å². The van der Waals surface area contributed by atoms with E-state index in [9.17, 15) is 9.59 Å². The molecule has 0 bridgehead atoms. The Morgan fingerprint density at radius 3 is 2.75 bits per heavy atom. The van der Waals surface area contributed by atoms with Crippen molar-refractivity contribution in [2.24, 2.45) is 0 Å². The minimum Gasteiger partial charge on any atom is -0.497 e. The van der Waals surface area contributed by atoms with Crippen LogP contribution in [-0.4, -0.2) is 44.9 Å². The molecule has 0 radical (unpaired) electrons. The zero-order valence-corrected chi connectivity index (χ0v) is 20.2. The van der Waals surface area contributed by atoms with Gasteiger partial charge in [-0.2, -0.15) is 0 Å². The Labute approximate surface area is 209 Å². The molecular formula is C27H29N5O4. The van der Waals surface area contributed by atoms with Crippen LogP contribution in [0.4, 0.5) is 0 Å². The summed E-state index contributed by atoms with van der Waals surface area (Å²) in [4.78, 5) is 29.2.